The van der Waals surface area contributed by atoms with Crippen molar-refractivity contribution in [2.75, 3.05) is 32.7 Å². The number of methoxy groups -OCH3 is 2. The Hall–Kier alpha value is -4.05. The molecule has 0 fully saturated rings. The third-order valence-electron chi connectivity index (χ3n) is 5.60. The first-order chi connectivity index (χ1) is 16.5. The fourth-order valence-electron chi connectivity index (χ4n) is 3.83. The van der Waals surface area contributed by atoms with Crippen molar-refractivity contribution in [3.05, 3.63) is 80.5 Å². The highest BCUT2D eigenvalue weighted by Crippen LogP contribution is 2.20. The zero-order chi connectivity index (χ0) is 24.2. The van der Waals surface area contributed by atoms with Crippen LogP contribution in [0.1, 0.15) is 11.1 Å². The molecule has 2 aromatic carbocycles. The smallest absolute Gasteiger partial charge is 0.332 e. The lowest BCUT2D eigenvalue weighted by Crippen LogP contribution is -2.40. The molecule has 0 aliphatic heterocycles. The summed E-state index contributed by atoms with van der Waals surface area (Å²) in [5.74, 6) is 1.77. The molecule has 0 aliphatic rings. The van der Waals surface area contributed by atoms with Crippen molar-refractivity contribution < 1.29 is 14.6 Å². The van der Waals surface area contributed by atoms with Gasteiger partial charge in [0.25, 0.3) is 5.56 Å². The number of fused-ring (bicyclic) bond motifs is 1. The van der Waals surface area contributed by atoms with Crippen molar-refractivity contribution in [3.8, 4) is 11.5 Å². The maximum absolute atomic E-state index is 13.6. The minimum Gasteiger partial charge on any atom is -0.497 e. The second-order valence-electron chi connectivity index (χ2n) is 7.78. The number of imidazole rings is 1. The van der Waals surface area contributed by atoms with E-state index in [9.17, 15) is 14.7 Å². The summed E-state index contributed by atoms with van der Waals surface area (Å²) in [6, 6.07) is 14.7. The first kappa shape index (κ1) is 23.1. The van der Waals surface area contributed by atoms with Gasteiger partial charge in [0.05, 0.1) is 33.9 Å². The largest absolute Gasteiger partial charge is 0.497 e. The molecule has 0 saturated carbocycles. The number of aromatic nitrogens is 4. The molecule has 10 heteroatoms. The summed E-state index contributed by atoms with van der Waals surface area (Å²) < 4.78 is 14.8. The summed E-state index contributed by atoms with van der Waals surface area (Å²) in [7, 11) is 4.76. The summed E-state index contributed by atoms with van der Waals surface area (Å²) in [6.07, 6.45) is 0. The van der Waals surface area contributed by atoms with Crippen molar-refractivity contribution in [1.29, 1.82) is 0 Å². The summed E-state index contributed by atoms with van der Waals surface area (Å²) in [4.78, 5) is 31.2. The molecule has 0 aliphatic carbocycles. The number of hydrogen-bond donors (Lipinski definition) is 2. The molecule has 178 valence electrons. The van der Waals surface area contributed by atoms with Crippen LogP contribution in [-0.4, -0.2) is 51.2 Å². The van der Waals surface area contributed by atoms with Crippen molar-refractivity contribution in [3.63, 3.8) is 0 Å². The zero-order valence-corrected chi connectivity index (χ0v) is 19.3. The molecule has 0 spiro atoms. The molecular formula is C24H27N5O5. The Morgan fingerprint density at radius 1 is 0.941 bits per heavy atom. The minimum absolute atomic E-state index is 0.106. The maximum Gasteiger partial charge on any atom is 0.332 e. The molecule has 0 atom stereocenters. The van der Waals surface area contributed by atoms with E-state index in [1.165, 1.54) is 9.13 Å². The van der Waals surface area contributed by atoms with Crippen molar-refractivity contribution >= 4 is 17.1 Å². The van der Waals surface area contributed by atoms with Gasteiger partial charge >= 0.3 is 5.69 Å². The number of ether oxygens (including phenoxy) is 2. The first-order valence-corrected chi connectivity index (χ1v) is 10.8. The predicted octanol–water partition coefficient (Wildman–Crippen LogP) is 1.41. The maximum atomic E-state index is 13.6. The monoisotopic (exact) mass is 465 g/mol. The molecule has 2 aromatic heterocycles. The van der Waals surface area contributed by atoms with Gasteiger partial charge in [0, 0.05) is 13.6 Å². The molecule has 10 nitrogen and oxygen atoms in total. The topological polar surface area (TPSA) is 113 Å². The van der Waals surface area contributed by atoms with E-state index in [0.717, 1.165) is 11.1 Å². The number of nitrogens with one attached hydrogen (secondary N) is 1. The number of aryl methyl sites for hydroxylation is 1. The summed E-state index contributed by atoms with van der Waals surface area (Å²) >= 11 is 0. The number of aliphatic hydroxyl groups excluding tert-OH is 1. The predicted molar refractivity (Wildman–Crippen MR) is 129 cm³/mol. The van der Waals surface area contributed by atoms with Gasteiger partial charge in [0.15, 0.2) is 11.2 Å². The summed E-state index contributed by atoms with van der Waals surface area (Å²) in [6.45, 7) is 0.561. The summed E-state index contributed by atoms with van der Waals surface area (Å²) in [5, 5.41) is 12.4. The number of nitrogens with zero attached hydrogens (tertiary/aromatic N) is 4. The lowest BCUT2D eigenvalue weighted by Gasteiger charge is -2.12. The van der Waals surface area contributed by atoms with Crippen molar-refractivity contribution in [2.24, 2.45) is 7.05 Å². The fourth-order valence-corrected chi connectivity index (χ4v) is 3.83. The SMILES string of the molecule is COc1ccc(Cn2c(=O)c3c(nc(NCCO)n3Cc3cccc(OC)c3)n(C)c2=O)cc1. The zero-order valence-electron chi connectivity index (χ0n) is 19.3. The van der Waals surface area contributed by atoms with Crippen LogP contribution >= 0.6 is 0 Å². The Bertz CT molecular complexity index is 1420. The van der Waals surface area contributed by atoms with Crippen LogP contribution in [0.3, 0.4) is 0 Å². The Labute approximate surface area is 195 Å². The second kappa shape index (κ2) is 9.84. The van der Waals surface area contributed by atoms with E-state index in [1.54, 1.807) is 38.0 Å². The van der Waals surface area contributed by atoms with Crippen LogP contribution < -0.4 is 26.0 Å². The van der Waals surface area contributed by atoms with Gasteiger partial charge in [-0.3, -0.25) is 18.5 Å². The van der Waals surface area contributed by atoms with Crippen LogP contribution in [0.25, 0.3) is 11.2 Å². The van der Waals surface area contributed by atoms with Gasteiger partial charge in [-0.25, -0.2) is 4.79 Å². The van der Waals surface area contributed by atoms with Gasteiger partial charge in [-0.2, -0.15) is 4.98 Å². The number of rotatable bonds is 9. The highest BCUT2D eigenvalue weighted by Gasteiger charge is 2.21. The van der Waals surface area contributed by atoms with Crippen LogP contribution in [0.15, 0.2) is 58.1 Å². The van der Waals surface area contributed by atoms with Crippen LogP contribution in [0, 0.1) is 0 Å². The number of aliphatic hydroxyl groups is 1. The van der Waals surface area contributed by atoms with E-state index in [2.05, 4.69) is 10.3 Å². The van der Waals surface area contributed by atoms with E-state index in [0.29, 0.717) is 29.5 Å². The van der Waals surface area contributed by atoms with Gasteiger partial charge in [0.1, 0.15) is 11.5 Å². The highest BCUT2D eigenvalue weighted by molar-refractivity contribution is 5.74. The van der Waals surface area contributed by atoms with E-state index in [-0.39, 0.29) is 25.3 Å². The number of anilines is 1. The van der Waals surface area contributed by atoms with Gasteiger partial charge in [-0.15, -0.1) is 0 Å². The van der Waals surface area contributed by atoms with Crippen LogP contribution in [0.2, 0.25) is 0 Å². The van der Waals surface area contributed by atoms with Gasteiger partial charge in [-0.1, -0.05) is 24.3 Å². The van der Waals surface area contributed by atoms with Crippen LogP contribution in [0.4, 0.5) is 5.95 Å². The van der Waals surface area contributed by atoms with Crippen molar-refractivity contribution in [2.45, 2.75) is 13.1 Å². The fraction of sp³-hybridized carbons (Fsp3) is 0.292. The Morgan fingerprint density at radius 3 is 2.32 bits per heavy atom. The van der Waals surface area contributed by atoms with E-state index in [4.69, 9.17) is 9.47 Å². The number of benzene rings is 2. The molecule has 4 rings (SSSR count). The minimum atomic E-state index is -0.465. The third kappa shape index (κ3) is 4.40. The first-order valence-electron chi connectivity index (χ1n) is 10.8. The van der Waals surface area contributed by atoms with E-state index < -0.39 is 11.2 Å². The molecule has 0 amide bonds. The quantitative estimate of drug-likeness (QED) is 0.384. The number of hydrogen-bond acceptors (Lipinski definition) is 7. The van der Waals surface area contributed by atoms with Gasteiger partial charge in [0.2, 0.25) is 5.95 Å². The molecule has 0 radical (unpaired) electrons. The normalized spacial score (nSPS) is 11.1. The Morgan fingerprint density at radius 2 is 1.65 bits per heavy atom. The van der Waals surface area contributed by atoms with Crippen molar-refractivity contribution in [1.82, 2.24) is 18.7 Å². The molecule has 0 saturated heterocycles. The molecule has 0 bridgehead atoms. The van der Waals surface area contributed by atoms with Gasteiger partial charge < -0.3 is 19.9 Å². The Kier molecular flexibility index (Phi) is 6.69. The Balaban J connectivity index is 1.87. The van der Waals surface area contributed by atoms with E-state index in [1.807, 2.05) is 36.4 Å². The molecular weight excluding hydrogens is 438 g/mol. The van der Waals surface area contributed by atoms with Crippen LogP contribution in [0.5, 0.6) is 11.5 Å². The third-order valence-corrected chi connectivity index (χ3v) is 5.60. The molecule has 4 aromatic rings. The van der Waals surface area contributed by atoms with E-state index >= 15 is 0 Å². The second-order valence-corrected chi connectivity index (χ2v) is 7.78. The molecule has 34 heavy (non-hydrogen) atoms. The summed E-state index contributed by atoms with van der Waals surface area (Å²) in [5.41, 5.74) is 1.33. The molecule has 0 unspecified atom stereocenters. The lowest BCUT2D eigenvalue weighted by molar-refractivity contribution is 0.310. The standard InChI is InChI=1S/C24H27N5O5/c1-27-21-20(22(31)29(24(27)32)14-16-7-9-18(33-2)10-8-16)28(23(26-21)25-11-12-30)15-17-5-4-6-19(13-17)34-3/h4-10,13,30H,11-12,14-15H2,1-3H3,(H,25,26). The van der Waals surface area contributed by atoms with Crippen LogP contribution in [-0.2, 0) is 20.1 Å². The molecule has 2 N–H and O–H groups in total. The lowest BCUT2D eigenvalue weighted by atomic mass is 10.2. The average Bonchev–Trinajstić information content (AvgIpc) is 3.22. The van der Waals surface area contributed by atoms with Gasteiger partial charge in [-0.05, 0) is 35.4 Å². The highest BCUT2D eigenvalue weighted by atomic mass is 16.5. The average molecular weight is 466 g/mol. The molecule has 2 heterocycles.